The molecule has 5 nitrogen and oxygen atoms in total. The van der Waals surface area contributed by atoms with Crippen LogP contribution in [0.1, 0.15) is 41.9 Å². The van der Waals surface area contributed by atoms with Crippen LogP contribution in [0, 0.1) is 20.8 Å². The van der Waals surface area contributed by atoms with Gasteiger partial charge in [-0.05, 0) is 104 Å². The van der Waals surface area contributed by atoms with Crippen LogP contribution in [0.25, 0.3) is 44.4 Å². The lowest BCUT2D eigenvalue weighted by Gasteiger charge is -2.13. The fourth-order valence-corrected chi connectivity index (χ4v) is 6.30. The molecule has 0 aliphatic rings. The largest absolute Gasteiger partial charge is 0.457 e. The summed E-state index contributed by atoms with van der Waals surface area (Å²) in [6.45, 7) is 10.7. The normalized spacial score (nSPS) is 11.5. The van der Waals surface area contributed by atoms with Gasteiger partial charge >= 0.3 is 0 Å². The van der Waals surface area contributed by atoms with E-state index in [0.29, 0.717) is 0 Å². The van der Waals surface area contributed by atoms with Gasteiger partial charge in [0.25, 0.3) is 0 Å². The number of hydrogen-bond acceptors (Lipinski definition) is 3. The first-order chi connectivity index (χ1) is 21.4. The molecule has 218 valence electrons. The molecule has 0 aliphatic heterocycles. The number of hydrogen-bond donors (Lipinski definition) is 0. The minimum absolute atomic E-state index is 0.780. The van der Waals surface area contributed by atoms with Crippen LogP contribution >= 0.6 is 0 Å². The molecular weight excluding hydrogens is 540 g/mol. The fraction of sp³-hybridized carbons (Fsp3) is 0.179. The zero-order valence-corrected chi connectivity index (χ0v) is 25.9. The maximum atomic E-state index is 6.63. The predicted octanol–water partition coefficient (Wildman–Crippen LogP) is 9.87. The van der Waals surface area contributed by atoms with Crippen molar-refractivity contribution in [2.24, 2.45) is 0 Å². The highest BCUT2D eigenvalue weighted by atomic mass is 16.5. The van der Waals surface area contributed by atoms with E-state index < -0.39 is 0 Å². The van der Waals surface area contributed by atoms with Crippen molar-refractivity contribution >= 4 is 21.8 Å². The van der Waals surface area contributed by atoms with Crippen LogP contribution < -0.4 is 4.74 Å². The van der Waals surface area contributed by atoms with E-state index in [1.54, 1.807) is 0 Å². The Morgan fingerprint density at radius 2 is 1.50 bits per heavy atom. The molecule has 7 aromatic rings. The highest BCUT2D eigenvalue weighted by molar-refractivity contribution is 6.09. The van der Waals surface area contributed by atoms with Crippen molar-refractivity contribution in [3.8, 4) is 34.1 Å². The van der Waals surface area contributed by atoms with Gasteiger partial charge in [-0.25, -0.2) is 9.67 Å². The van der Waals surface area contributed by atoms with Crippen LogP contribution in [0.15, 0.2) is 103 Å². The second-order valence-electron chi connectivity index (χ2n) is 11.5. The highest BCUT2D eigenvalue weighted by Crippen LogP contribution is 2.37. The number of fused-ring (bicyclic) bond motifs is 3. The van der Waals surface area contributed by atoms with Crippen LogP contribution in [0.5, 0.6) is 11.5 Å². The van der Waals surface area contributed by atoms with E-state index in [-0.39, 0.29) is 0 Å². The number of ether oxygens (including phenoxy) is 1. The number of aromatic nitrogens is 4. The third kappa shape index (κ3) is 4.84. The zero-order chi connectivity index (χ0) is 30.4. The van der Waals surface area contributed by atoms with Gasteiger partial charge in [0.2, 0.25) is 0 Å². The van der Waals surface area contributed by atoms with Crippen LogP contribution in [-0.2, 0) is 12.8 Å². The van der Waals surface area contributed by atoms with E-state index in [2.05, 4.69) is 124 Å². The molecule has 4 aromatic carbocycles. The van der Waals surface area contributed by atoms with Gasteiger partial charge in [0, 0.05) is 40.4 Å². The second kappa shape index (κ2) is 11.2. The first kappa shape index (κ1) is 27.7. The van der Waals surface area contributed by atoms with Gasteiger partial charge in [0.1, 0.15) is 17.3 Å². The van der Waals surface area contributed by atoms with Crippen LogP contribution in [0.3, 0.4) is 0 Å². The SMILES string of the molecule is CCc1cc(Oc2ccc3c4cc(CC)ccc4n(-c4cc(C)ccn4)c3c2)cc(-n2nc(C)c(-c3ccccc3)c2C)c1. The van der Waals surface area contributed by atoms with Crippen molar-refractivity contribution in [1.82, 2.24) is 19.3 Å². The summed E-state index contributed by atoms with van der Waals surface area (Å²) in [7, 11) is 0. The molecule has 0 aliphatic carbocycles. The van der Waals surface area contributed by atoms with E-state index in [9.17, 15) is 0 Å². The van der Waals surface area contributed by atoms with Crippen LogP contribution in [-0.4, -0.2) is 19.3 Å². The summed E-state index contributed by atoms with van der Waals surface area (Å²) in [5.74, 6) is 2.47. The summed E-state index contributed by atoms with van der Waals surface area (Å²) in [6, 6.07) is 34.2. The standard InChI is InChI=1S/C39H36N4O/c1-6-28-13-16-36-35(22-28)34-15-14-32(24-37(34)42(36)38-19-25(3)17-18-40-38)44-33-21-29(7-2)20-31(23-33)43-27(5)39(26(4)41-43)30-11-9-8-10-12-30/h8-24H,6-7H2,1-5H3. The molecule has 0 amide bonds. The molecule has 0 saturated carbocycles. The Labute approximate surface area is 258 Å². The van der Waals surface area contributed by atoms with Crippen molar-refractivity contribution < 1.29 is 4.74 Å². The van der Waals surface area contributed by atoms with Gasteiger partial charge < -0.3 is 4.74 Å². The Hall–Kier alpha value is -5.16. The molecule has 0 spiro atoms. The lowest BCUT2D eigenvalue weighted by molar-refractivity contribution is 0.482. The minimum atomic E-state index is 0.780. The van der Waals surface area contributed by atoms with Crippen molar-refractivity contribution in [2.75, 3.05) is 0 Å². The smallest absolute Gasteiger partial charge is 0.137 e. The number of rotatable bonds is 7. The molecule has 0 saturated heterocycles. The van der Waals surface area contributed by atoms with E-state index in [4.69, 9.17) is 14.8 Å². The van der Waals surface area contributed by atoms with Crippen LogP contribution in [0.4, 0.5) is 0 Å². The molecule has 44 heavy (non-hydrogen) atoms. The number of pyridine rings is 1. The van der Waals surface area contributed by atoms with Gasteiger partial charge in [0.15, 0.2) is 0 Å². The molecule has 0 bridgehead atoms. The summed E-state index contributed by atoms with van der Waals surface area (Å²) in [5.41, 5.74) is 11.3. The summed E-state index contributed by atoms with van der Waals surface area (Å²) in [5, 5.41) is 7.37. The molecule has 0 unspecified atom stereocenters. The quantitative estimate of drug-likeness (QED) is 0.190. The third-order valence-electron chi connectivity index (χ3n) is 8.53. The van der Waals surface area contributed by atoms with Crippen molar-refractivity contribution in [1.29, 1.82) is 0 Å². The molecule has 3 heterocycles. The Bertz CT molecular complexity index is 2150. The molecule has 0 fully saturated rings. The van der Waals surface area contributed by atoms with E-state index in [1.165, 1.54) is 38.6 Å². The average Bonchev–Trinajstić information content (AvgIpc) is 3.53. The van der Waals surface area contributed by atoms with Gasteiger partial charge in [0.05, 0.1) is 22.4 Å². The lowest BCUT2D eigenvalue weighted by atomic mass is 10.0. The average molecular weight is 577 g/mol. The topological polar surface area (TPSA) is 44.9 Å². The van der Waals surface area contributed by atoms with Crippen molar-refractivity contribution in [2.45, 2.75) is 47.5 Å². The zero-order valence-electron chi connectivity index (χ0n) is 25.9. The fourth-order valence-electron chi connectivity index (χ4n) is 6.30. The highest BCUT2D eigenvalue weighted by Gasteiger charge is 2.17. The lowest BCUT2D eigenvalue weighted by Crippen LogP contribution is -2.01. The summed E-state index contributed by atoms with van der Waals surface area (Å²) in [6.07, 6.45) is 3.76. The molecule has 0 atom stereocenters. The summed E-state index contributed by atoms with van der Waals surface area (Å²) in [4.78, 5) is 4.76. The van der Waals surface area contributed by atoms with Gasteiger partial charge in [-0.2, -0.15) is 5.10 Å². The Morgan fingerprint density at radius 3 is 2.27 bits per heavy atom. The van der Waals surface area contributed by atoms with Crippen molar-refractivity contribution in [3.05, 3.63) is 131 Å². The Balaban J connectivity index is 1.33. The Kier molecular flexibility index (Phi) is 7.01. The molecule has 0 radical (unpaired) electrons. The minimum Gasteiger partial charge on any atom is -0.457 e. The first-order valence-corrected chi connectivity index (χ1v) is 15.4. The molecule has 3 aromatic heterocycles. The van der Waals surface area contributed by atoms with Gasteiger partial charge in [-0.15, -0.1) is 0 Å². The number of aryl methyl sites for hydroxylation is 4. The third-order valence-corrected chi connectivity index (χ3v) is 8.53. The maximum absolute atomic E-state index is 6.63. The van der Waals surface area contributed by atoms with E-state index in [0.717, 1.165) is 58.3 Å². The Morgan fingerprint density at radius 1 is 0.682 bits per heavy atom. The summed E-state index contributed by atoms with van der Waals surface area (Å²) >= 11 is 0. The maximum Gasteiger partial charge on any atom is 0.137 e. The van der Waals surface area contributed by atoms with Gasteiger partial charge in [-0.1, -0.05) is 50.2 Å². The summed E-state index contributed by atoms with van der Waals surface area (Å²) < 4.78 is 10.9. The van der Waals surface area contributed by atoms with Crippen molar-refractivity contribution in [3.63, 3.8) is 0 Å². The van der Waals surface area contributed by atoms with E-state index >= 15 is 0 Å². The first-order valence-electron chi connectivity index (χ1n) is 15.4. The van der Waals surface area contributed by atoms with Crippen LogP contribution in [0.2, 0.25) is 0 Å². The number of benzene rings is 4. The van der Waals surface area contributed by atoms with E-state index in [1.807, 2.05) is 23.0 Å². The monoisotopic (exact) mass is 576 g/mol. The number of nitrogens with zero attached hydrogens (tertiary/aromatic N) is 4. The molecule has 7 rings (SSSR count). The predicted molar refractivity (Wildman–Crippen MR) is 181 cm³/mol. The molecule has 5 heteroatoms. The molecule has 0 N–H and O–H groups in total. The van der Waals surface area contributed by atoms with Gasteiger partial charge in [-0.3, -0.25) is 4.57 Å². The second-order valence-corrected chi connectivity index (χ2v) is 11.5. The molecular formula is C39H36N4O.